The van der Waals surface area contributed by atoms with Crippen LogP contribution in [0.15, 0.2) is 23.3 Å². The number of likely N-dealkylation sites (N-methyl/N-ethyl adjacent to an activating group) is 1. The van der Waals surface area contributed by atoms with Crippen molar-refractivity contribution in [2.45, 2.75) is 58.0 Å². The number of anilines is 1. The molecule has 27 heavy (non-hydrogen) atoms. The van der Waals surface area contributed by atoms with Crippen LogP contribution in [0.3, 0.4) is 0 Å². The van der Waals surface area contributed by atoms with Gasteiger partial charge in [0.2, 0.25) is 0 Å². The smallest absolute Gasteiger partial charge is 0.188 e. The van der Waals surface area contributed by atoms with E-state index in [2.05, 4.69) is 38.1 Å². The van der Waals surface area contributed by atoms with Gasteiger partial charge in [0.25, 0.3) is 0 Å². The van der Waals surface area contributed by atoms with Crippen molar-refractivity contribution >= 4 is 35.8 Å². The maximum absolute atomic E-state index is 6.08. The molecule has 2 saturated heterocycles. The summed E-state index contributed by atoms with van der Waals surface area (Å²) >= 11 is 0. The van der Waals surface area contributed by atoms with Gasteiger partial charge in [0.05, 0.1) is 6.54 Å². The summed E-state index contributed by atoms with van der Waals surface area (Å²) in [6.45, 7) is 8.25. The third-order valence-electron chi connectivity index (χ3n) is 5.60. The normalized spacial score (nSPS) is 21.6. The molecule has 0 spiro atoms. The highest BCUT2D eigenvalue weighted by atomic mass is 127. The molecule has 0 amide bonds. The van der Waals surface area contributed by atoms with Crippen LogP contribution in [0.1, 0.15) is 51.0 Å². The molecule has 2 aliphatic heterocycles. The van der Waals surface area contributed by atoms with Gasteiger partial charge in [-0.3, -0.25) is 4.90 Å². The Hall–Kier alpha value is -1.09. The fourth-order valence-electron chi connectivity index (χ4n) is 4.03. The van der Waals surface area contributed by atoms with Gasteiger partial charge in [0.1, 0.15) is 5.82 Å². The molecule has 0 aliphatic carbocycles. The number of rotatable bonds is 6. The molecule has 0 bridgehead atoms. The molecular weight excluding hydrogens is 451 g/mol. The lowest BCUT2D eigenvalue weighted by Crippen LogP contribution is -2.42. The first kappa shape index (κ1) is 22.2. The van der Waals surface area contributed by atoms with Crippen molar-refractivity contribution in [2.75, 3.05) is 37.6 Å². The number of nitrogens with one attached hydrogen (secondary N) is 1. The van der Waals surface area contributed by atoms with Crippen molar-refractivity contribution in [3.05, 3.63) is 23.9 Å². The monoisotopic (exact) mass is 486 g/mol. The lowest BCUT2D eigenvalue weighted by molar-refractivity contribution is 0.267. The molecule has 1 atom stereocenters. The third-order valence-corrected chi connectivity index (χ3v) is 5.60. The van der Waals surface area contributed by atoms with Crippen molar-refractivity contribution in [3.63, 3.8) is 0 Å². The topological polar surface area (TPSA) is 69.8 Å². The van der Waals surface area contributed by atoms with Crippen molar-refractivity contribution < 1.29 is 0 Å². The lowest BCUT2D eigenvalue weighted by atomic mass is 10.2. The molecule has 152 valence electrons. The maximum atomic E-state index is 6.08. The van der Waals surface area contributed by atoms with Gasteiger partial charge < -0.3 is 16.0 Å². The predicted octanol–water partition coefficient (Wildman–Crippen LogP) is 2.97. The van der Waals surface area contributed by atoms with Crippen LogP contribution < -0.4 is 16.0 Å². The highest BCUT2D eigenvalue weighted by Crippen LogP contribution is 2.18. The van der Waals surface area contributed by atoms with Crippen LogP contribution in [0.4, 0.5) is 5.82 Å². The van der Waals surface area contributed by atoms with E-state index in [1.165, 1.54) is 50.6 Å². The van der Waals surface area contributed by atoms with Crippen LogP contribution in [0.5, 0.6) is 0 Å². The lowest BCUT2D eigenvalue weighted by Gasteiger charge is -2.23. The Morgan fingerprint density at radius 3 is 2.74 bits per heavy atom. The first-order chi connectivity index (χ1) is 12.8. The number of aliphatic imine (C=N–C) groups is 1. The third kappa shape index (κ3) is 6.78. The summed E-state index contributed by atoms with van der Waals surface area (Å²) in [6.07, 6.45) is 9.61. The number of nitrogens with zero attached hydrogens (tertiary/aromatic N) is 4. The van der Waals surface area contributed by atoms with Gasteiger partial charge in [-0.05, 0) is 56.5 Å². The van der Waals surface area contributed by atoms with Crippen LogP contribution in [0.25, 0.3) is 0 Å². The van der Waals surface area contributed by atoms with Gasteiger partial charge in [-0.25, -0.2) is 9.98 Å². The molecule has 1 aromatic rings. The minimum Gasteiger partial charge on any atom is -0.370 e. The fraction of sp³-hybridized carbons (Fsp3) is 0.700. The second-order valence-corrected chi connectivity index (χ2v) is 7.43. The number of likely N-dealkylation sites (tertiary alicyclic amines) is 1. The standard InChI is InChI=1S/C20H34N6.HI/c1-2-25-13-7-8-18(25)16-24-20(21)23-15-17-9-10-22-19(14-17)26-11-5-3-4-6-12-26;/h9-10,14,18H,2-8,11-13,15-16H2,1H3,(H3,21,23,24);1H. The van der Waals surface area contributed by atoms with E-state index < -0.39 is 0 Å². The molecule has 3 N–H and O–H groups in total. The zero-order valence-electron chi connectivity index (χ0n) is 16.6. The van der Waals surface area contributed by atoms with Gasteiger partial charge in [-0.15, -0.1) is 24.0 Å². The first-order valence-corrected chi connectivity index (χ1v) is 10.2. The van der Waals surface area contributed by atoms with Crippen LogP contribution >= 0.6 is 24.0 Å². The summed E-state index contributed by atoms with van der Waals surface area (Å²) in [5.74, 6) is 1.62. The summed E-state index contributed by atoms with van der Waals surface area (Å²) in [4.78, 5) is 14.0. The van der Waals surface area contributed by atoms with Crippen LogP contribution in [-0.2, 0) is 6.54 Å². The number of hydrogen-bond acceptors (Lipinski definition) is 4. The second kappa shape index (κ2) is 11.7. The van der Waals surface area contributed by atoms with E-state index in [1.807, 2.05) is 12.3 Å². The minimum absolute atomic E-state index is 0. The molecule has 7 heteroatoms. The molecule has 2 fully saturated rings. The Balaban J connectivity index is 0.00000261. The van der Waals surface area contributed by atoms with Gasteiger partial charge in [-0.2, -0.15) is 0 Å². The van der Waals surface area contributed by atoms with E-state index in [0.29, 0.717) is 18.5 Å². The van der Waals surface area contributed by atoms with Gasteiger partial charge >= 0.3 is 0 Å². The Kier molecular flexibility index (Phi) is 9.61. The van der Waals surface area contributed by atoms with Crippen LogP contribution in [0.2, 0.25) is 0 Å². The Labute approximate surface area is 181 Å². The summed E-state index contributed by atoms with van der Waals surface area (Å²) in [6, 6.07) is 4.79. The first-order valence-electron chi connectivity index (χ1n) is 10.2. The van der Waals surface area contributed by atoms with E-state index in [9.17, 15) is 0 Å². The minimum atomic E-state index is 0. The highest BCUT2D eigenvalue weighted by Gasteiger charge is 2.22. The molecule has 0 aromatic carbocycles. The summed E-state index contributed by atoms with van der Waals surface area (Å²) in [7, 11) is 0. The van der Waals surface area contributed by atoms with Gasteiger partial charge in [0, 0.05) is 31.9 Å². The Morgan fingerprint density at radius 1 is 1.22 bits per heavy atom. The summed E-state index contributed by atoms with van der Waals surface area (Å²) in [5, 5.41) is 3.31. The van der Waals surface area contributed by atoms with E-state index in [0.717, 1.165) is 32.0 Å². The van der Waals surface area contributed by atoms with Crippen molar-refractivity contribution in [1.29, 1.82) is 0 Å². The molecule has 3 rings (SSSR count). The Bertz CT molecular complexity index is 586. The highest BCUT2D eigenvalue weighted by molar-refractivity contribution is 14.0. The average Bonchev–Trinajstić information content (AvgIpc) is 2.95. The zero-order valence-corrected chi connectivity index (χ0v) is 18.9. The SMILES string of the molecule is CCN1CCCC1CNC(N)=NCc1ccnc(N2CCCCCC2)c1.I. The molecule has 0 saturated carbocycles. The molecular formula is C20H35IN6. The van der Waals surface area contributed by atoms with Crippen molar-refractivity contribution in [3.8, 4) is 0 Å². The van der Waals surface area contributed by atoms with Crippen molar-refractivity contribution in [1.82, 2.24) is 15.2 Å². The summed E-state index contributed by atoms with van der Waals surface area (Å²) in [5.41, 5.74) is 7.25. The number of guanidine groups is 1. The number of pyridine rings is 1. The zero-order chi connectivity index (χ0) is 18.2. The average molecular weight is 486 g/mol. The molecule has 3 heterocycles. The predicted molar refractivity (Wildman–Crippen MR) is 124 cm³/mol. The molecule has 1 unspecified atom stereocenters. The van der Waals surface area contributed by atoms with Gasteiger partial charge in [-0.1, -0.05) is 19.8 Å². The molecule has 0 radical (unpaired) electrons. The molecule has 2 aliphatic rings. The van der Waals surface area contributed by atoms with E-state index in [4.69, 9.17) is 5.73 Å². The number of hydrogen-bond donors (Lipinski definition) is 2. The van der Waals surface area contributed by atoms with Crippen LogP contribution in [-0.4, -0.2) is 54.6 Å². The molecule has 1 aromatic heterocycles. The fourth-order valence-corrected chi connectivity index (χ4v) is 4.03. The van der Waals surface area contributed by atoms with E-state index in [-0.39, 0.29) is 24.0 Å². The number of nitrogens with two attached hydrogens (primary N) is 1. The quantitative estimate of drug-likeness (QED) is 0.368. The maximum Gasteiger partial charge on any atom is 0.188 e. The Morgan fingerprint density at radius 2 is 2.00 bits per heavy atom. The number of halogens is 1. The largest absolute Gasteiger partial charge is 0.370 e. The van der Waals surface area contributed by atoms with Crippen LogP contribution in [0, 0.1) is 0 Å². The number of aromatic nitrogens is 1. The second-order valence-electron chi connectivity index (χ2n) is 7.43. The summed E-state index contributed by atoms with van der Waals surface area (Å²) < 4.78 is 0. The molecule has 6 nitrogen and oxygen atoms in total. The van der Waals surface area contributed by atoms with E-state index in [1.54, 1.807) is 0 Å². The van der Waals surface area contributed by atoms with E-state index >= 15 is 0 Å². The van der Waals surface area contributed by atoms with Crippen molar-refractivity contribution in [2.24, 2.45) is 10.7 Å². The van der Waals surface area contributed by atoms with Gasteiger partial charge in [0.15, 0.2) is 5.96 Å².